The second kappa shape index (κ2) is 13.4. The number of nitrogens with one attached hydrogen (secondary N) is 2. The zero-order valence-electron chi connectivity index (χ0n) is 21.2. The van der Waals surface area contributed by atoms with Gasteiger partial charge in [0.05, 0.1) is 24.5 Å². The monoisotopic (exact) mass is 489 g/mol. The number of rotatable bonds is 3. The third-order valence-electron chi connectivity index (χ3n) is 7.27. The van der Waals surface area contributed by atoms with Gasteiger partial charge in [-0.05, 0) is 49.8 Å². The van der Waals surface area contributed by atoms with Crippen molar-refractivity contribution in [3.63, 3.8) is 0 Å². The number of hydrogen-bond donors (Lipinski definition) is 2. The minimum Gasteiger partial charge on any atom is -0.376 e. The van der Waals surface area contributed by atoms with Gasteiger partial charge in [0.2, 0.25) is 11.8 Å². The second-order valence-corrected chi connectivity index (χ2v) is 9.94. The lowest BCUT2D eigenvalue weighted by Crippen LogP contribution is -2.54. The average molecular weight is 490 g/mol. The van der Waals surface area contributed by atoms with Gasteiger partial charge in [-0.15, -0.1) is 0 Å². The molecule has 2 unspecified atom stereocenters. The number of carbonyl (C=O) groups excluding carboxylic acids is 2. The zero-order chi connectivity index (χ0) is 25.1. The average Bonchev–Trinajstić information content (AvgIpc) is 2.92. The van der Waals surface area contributed by atoms with E-state index in [-0.39, 0.29) is 17.7 Å². The van der Waals surface area contributed by atoms with E-state index < -0.39 is 5.41 Å². The molecule has 2 aromatic carbocycles. The highest BCUT2D eigenvalue weighted by molar-refractivity contribution is 5.84. The molecule has 2 amide bonds. The number of amides is 2. The van der Waals surface area contributed by atoms with Crippen molar-refractivity contribution in [3.8, 4) is 0 Å². The van der Waals surface area contributed by atoms with Crippen LogP contribution in [-0.2, 0) is 20.9 Å². The van der Waals surface area contributed by atoms with Gasteiger partial charge < -0.3 is 20.3 Å². The Bertz CT molecular complexity index is 987. The Balaban J connectivity index is 1.57. The molecular weight excluding hydrogens is 450 g/mol. The van der Waals surface area contributed by atoms with Crippen LogP contribution < -0.4 is 10.6 Å². The Morgan fingerprint density at radius 3 is 2.47 bits per heavy atom. The molecule has 1 fully saturated rings. The summed E-state index contributed by atoms with van der Waals surface area (Å²) >= 11 is 0. The number of hydrogen-bond acceptors (Lipinski definition) is 4. The van der Waals surface area contributed by atoms with Crippen molar-refractivity contribution in [1.29, 1.82) is 0 Å². The van der Waals surface area contributed by atoms with Gasteiger partial charge >= 0.3 is 0 Å². The first-order chi connectivity index (χ1) is 17.7. The molecule has 2 aliphatic heterocycles. The van der Waals surface area contributed by atoms with Crippen LogP contribution in [0.4, 0.5) is 0 Å². The predicted octanol–water partition coefficient (Wildman–Crippen LogP) is 4.04. The standard InChI is InChI=1S/C30H39N3O3/c34-28-27(26-14-7-4-8-15-26)16-9-1-2-10-21-36-24-30(17-11-18-31-23-30)29(35)32-19-20-33(28)22-25-12-5-3-6-13-25/h2-8,10,12-15,27,31H,1,9,11,16-24H2,(H,32,35)/b10-2+. The molecule has 1 spiro atoms. The summed E-state index contributed by atoms with van der Waals surface area (Å²) in [5.74, 6) is -0.0812. The normalized spacial score (nSPS) is 25.9. The zero-order valence-corrected chi connectivity index (χ0v) is 21.2. The summed E-state index contributed by atoms with van der Waals surface area (Å²) in [7, 11) is 0. The van der Waals surface area contributed by atoms with Gasteiger partial charge in [-0.1, -0.05) is 72.8 Å². The number of benzene rings is 2. The summed E-state index contributed by atoms with van der Waals surface area (Å²) in [6.07, 6.45) is 8.51. The molecule has 2 aromatic rings. The topological polar surface area (TPSA) is 70.7 Å². The van der Waals surface area contributed by atoms with E-state index in [1.807, 2.05) is 71.6 Å². The largest absolute Gasteiger partial charge is 0.376 e. The van der Waals surface area contributed by atoms with Crippen molar-refractivity contribution in [1.82, 2.24) is 15.5 Å². The highest BCUT2D eigenvalue weighted by atomic mass is 16.5. The summed E-state index contributed by atoms with van der Waals surface area (Å²) in [4.78, 5) is 29.3. The summed E-state index contributed by atoms with van der Waals surface area (Å²) in [6.45, 7) is 3.85. The van der Waals surface area contributed by atoms with E-state index in [4.69, 9.17) is 4.74 Å². The second-order valence-electron chi connectivity index (χ2n) is 9.94. The first kappa shape index (κ1) is 26.1. The lowest BCUT2D eigenvalue weighted by atomic mass is 9.80. The van der Waals surface area contributed by atoms with E-state index in [0.29, 0.717) is 39.4 Å². The van der Waals surface area contributed by atoms with Gasteiger partial charge in [0.15, 0.2) is 0 Å². The minimum absolute atomic E-state index is 0.0116. The molecule has 0 aliphatic carbocycles. The number of piperidine rings is 1. The van der Waals surface area contributed by atoms with Crippen molar-refractivity contribution in [2.45, 2.75) is 44.6 Å². The molecule has 2 N–H and O–H groups in total. The van der Waals surface area contributed by atoms with Crippen LogP contribution >= 0.6 is 0 Å². The Hall–Kier alpha value is -2.96. The molecule has 36 heavy (non-hydrogen) atoms. The smallest absolute Gasteiger partial charge is 0.230 e. The first-order valence-corrected chi connectivity index (χ1v) is 13.3. The number of allylic oxidation sites excluding steroid dienone is 1. The third kappa shape index (κ3) is 7.05. The van der Waals surface area contributed by atoms with E-state index in [9.17, 15) is 9.59 Å². The van der Waals surface area contributed by atoms with Crippen molar-refractivity contribution < 1.29 is 14.3 Å². The van der Waals surface area contributed by atoms with E-state index in [2.05, 4.69) is 16.7 Å². The quantitative estimate of drug-likeness (QED) is 0.639. The van der Waals surface area contributed by atoms with Crippen molar-refractivity contribution >= 4 is 11.8 Å². The van der Waals surface area contributed by atoms with Crippen LogP contribution in [0.3, 0.4) is 0 Å². The Morgan fingerprint density at radius 1 is 0.944 bits per heavy atom. The van der Waals surface area contributed by atoms with Crippen LogP contribution in [0.1, 0.15) is 49.1 Å². The molecule has 0 saturated carbocycles. The van der Waals surface area contributed by atoms with Crippen LogP contribution in [0.15, 0.2) is 72.8 Å². The van der Waals surface area contributed by atoms with E-state index in [1.54, 1.807) is 0 Å². The maximum absolute atomic E-state index is 14.0. The van der Waals surface area contributed by atoms with Gasteiger partial charge in [0.25, 0.3) is 0 Å². The summed E-state index contributed by atoms with van der Waals surface area (Å²) in [5, 5.41) is 6.52. The lowest BCUT2D eigenvalue weighted by Gasteiger charge is -2.36. The number of nitrogens with zero attached hydrogens (tertiary/aromatic N) is 1. The molecule has 2 aliphatic rings. The van der Waals surface area contributed by atoms with Gasteiger partial charge in [-0.25, -0.2) is 0 Å². The molecular formula is C30H39N3O3. The van der Waals surface area contributed by atoms with Gasteiger partial charge in [0.1, 0.15) is 0 Å². The third-order valence-corrected chi connectivity index (χ3v) is 7.27. The molecule has 0 radical (unpaired) electrons. The summed E-state index contributed by atoms with van der Waals surface area (Å²) < 4.78 is 5.95. The first-order valence-electron chi connectivity index (χ1n) is 13.3. The maximum atomic E-state index is 14.0. The molecule has 0 aromatic heterocycles. The number of ether oxygens (including phenoxy) is 1. The van der Waals surface area contributed by atoms with Crippen LogP contribution in [-0.4, -0.2) is 56.1 Å². The van der Waals surface area contributed by atoms with Crippen LogP contribution in [0.5, 0.6) is 0 Å². The molecule has 6 heteroatoms. The maximum Gasteiger partial charge on any atom is 0.230 e. The number of carbonyl (C=O) groups is 2. The summed E-state index contributed by atoms with van der Waals surface area (Å²) in [6, 6.07) is 20.2. The fourth-order valence-corrected chi connectivity index (χ4v) is 5.20. The fourth-order valence-electron chi connectivity index (χ4n) is 5.20. The van der Waals surface area contributed by atoms with Crippen LogP contribution in [0, 0.1) is 5.41 Å². The van der Waals surface area contributed by atoms with Crippen molar-refractivity contribution in [3.05, 3.63) is 83.9 Å². The Labute approximate surface area is 215 Å². The van der Waals surface area contributed by atoms with Crippen molar-refractivity contribution in [2.75, 3.05) is 39.4 Å². The van der Waals surface area contributed by atoms with E-state index in [0.717, 1.165) is 49.8 Å². The van der Waals surface area contributed by atoms with Gasteiger partial charge in [-0.2, -0.15) is 0 Å². The Kier molecular flexibility index (Phi) is 9.70. The van der Waals surface area contributed by atoms with E-state index >= 15 is 0 Å². The predicted molar refractivity (Wildman–Crippen MR) is 142 cm³/mol. The van der Waals surface area contributed by atoms with Gasteiger partial charge in [0, 0.05) is 26.2 Å². The SMILES string of the molecule is O=C1C(c2ccccc2)CCC/C=C/COCC2(CCCNC2)C(=O)NCCN1Cc1ccccc1. The minimum atomic E-state index is -0.565. The summed E-state index contributed by atoms with van der Waals surface area (Å²) in [5.41, 5.74) is 1.57. The molecule has 4 rings (SSSR count). The highest BCUT2D eigenvalue weighted by Crippen LogP contribution is 2.28. The molecule has 0 bridgehead atoms. The van der Waals surface area contributed by atoms with Crippen LogP contribution in [0.25, 0.3) is 0 Å². The van der Waals surface area contributed by atoms with Gasteiger partial charge in [-0.3, -0.25) is 9.59 Å². The molecule has 1 saturated heterocycles. The van der Waals surface area contributed by atoms with E-state index in [1.165, 1.54) is 0 Å². The van der Waals surface area contributed by atoms with Crippen LogP contribution in [0.2, 0.25) is 0 Å². The molecule has 192 valence electrons. The Morgan fingerprint density at radius 2 is 1.72 bits per heavy atom. The molecule has 2 atom stereocenters. The highest BCUT2D eigenvalue weighted by Gasteiger charge is 2.40. The molecule has 6 nitrogen and oxygen atoms in total. The fraction of sp³-hybridized carbons (Fsp3) is 0.467. The van der Waals surface area contributed by atoms with Crippen molar-refractivity contribution in [2.24, 2.45) is 5.41 Å². The lowest BCUT2D eigenvalue weighted by molar-refractivity contribution is -0.137. The molecule has 2 heterocycles.